The molecule has 0 unspecified atom stereocenters. The van der Waals surface area contributed by atoms with Crippen LogP contribution in [-0.2, 0) is 4.74 Å². The molecular weight excluding hydrogens is 569 g/mol. The van der Waals surface area contributed by atoms with E-state index in [9.17, 15) is 4.79 Å². The number of aryl methyl sites for hydroxylation is 1. The van der Waals surface area contributed by atoms with Crippen LogP contribution in [0.2, 0.25) is 0 Å². The Morgan fingerprint density at radius 1 is 1.22 bits per heavy atom. The van der Waals surface area contributed by atoms with Crippen LogP contribution in [0, 0.1) is 23.7 Å². The van der Waals surface area contributed by atoms with Gasteiger partial charge in [0, 0.05) is 50.8 Å². The zero-order chi connectivity index (χ0) is 25.1. The van der Waals surface area contributed by atoms with Gasteiger partial charge in [-0.15, -0.1) is 24.0 Å². The summed E-state index contributed by atoms with van der Waals surface area (Å²) in [6.45, 7) is 7.23. The van der Waals surface area contributed by atoms with Gasteiger partial charge in [0.15, 0.2) is 0 Å². The van der Waals surface area contributed by atoms with Crippen LogP contribution in [0.15, 0.2) is 48.8 Å². The molecule has 1 saturated heterocycles. The smallest absolute Gasteiger partial charge is 0.274 e. The Bertz CT molecular complexity index is 1340. The average molecular weight is 601 g/mol. The Balaban J connectivity index is 0.00000241. The van der Waals surface area contributed by atoms with E-state index in [4.69, 9.17) is 21.1 Å². The van der Waals surface area contributed by atoms with E-state index in [0.717, 1.165) is 18.9 Å². The van der Waals surface area contributed by atoms with Crippen molar-refractivity contribution in [2.75, 3.05) is 29.0 Å². The van der Waals surface area contributed by atoms with E-state index < -0.39 is 5.91 Å². The molecule has 2 atom stereocenters. The number of pyridine rings is 2. The van der Waals surface area contributed by atoms with Gasteiger partial charge in [-0.25, -0.2) is 9.97 Å². The Hall–Kier alpha value is -3.56. The number of amides is 1. The van der Waals surface area contributed by atoms with Crippen molar-refractivity contribution in [1.82, 2.24) is 9.97 Å². The second kappa shape index (κ2) is 11.5. The van der Waals surface area contributed by atoms with Gasteiger partial charge >= 0.3 is 0 Å². The molecule has 1 amide bonds. The third-order valence-electron chi connectivity index (χ3n) is 5.78. The summed E-state index contributed by atoms with van der Waals surface area (Å²) >= 11 is 0. The van der Waals surface area contributed by atoms with Gasteiger partial charge in [-0.1, -0.05) is 0 Å². The first-order chi connectivity index (χ1) is 16.7. The second-order valence-electron chi connectivity index (χ2n) is 8.70. The molecule has 1 aliphatic rings. The quantitative estimate of drug-likeness (QED) is 0.220. The molecule has 10 heteroatoms. The highest BCUT2D eigenvalue weighted by Crippen LogP contribution is 2.25. The van der Waals surface area contributed by atoms with Gasteiger partial charge in [0.05, 0.1) is 23.5 Å². The molecule has 1 aromatic carbocycles. The van der Waals surface area contributed by atoms with Gasteiger partial charge in [-0.3, -0.25) is 10.2 Å². The van der Waals surface area contributed by atoms with Crippen LogP contribution in [0.1, 0.15) is 49.4 Å². The van der Waals surface area contributed by atoms with E-state index in [1.807, 2.05) is 26.0 Å². The molecule has 4 rings (SSSR count). The fraction of sp³-hybridized carbons (Fsp3) is 0.269. The maximum absolute atomic E-state index is 12.8. The number of nitrogen functional groups attached to an aromatic ring is 1. The molecule has 36 heavy (non-hydrogen) atoms. The maximum Gasteiger partial charge on any atom is 0.274 e. The summed E-state index contributed by atoms with van der Waals surface area (Å²) in [6.07, 6.45) is 3.23. The first kappa shape index (κ1) is 27.0. The van der Waals surface area contributed by atoms with E-state index >= 15 is 0 Å². The molecule has 0 radical (unpaired) electrons. The molecule has 3 aromatic rings. The number of hydrogen-bond acceptors (Lipinski definition) is 8. The number of anilines is 3. The minimum absolute atomic E-state index is 0. The van der Waals surface area contributed by atoms with Crippen LogP contribution in [0.3, 0.4) is 0 Å². The maximum atomic E-state index is 12.8. The summed E-state index contributed by atoms with van der Waals surface area (Å²) in [6, 6.07) is 12.3. The molecule has 0 saturated carbocycles. The predicted octanol–water partition coefficient (Wildman–Crippen LogP) is 4.63. The highest BCUT2D eigenvalue weighted by Gasteiger charge is 2.24. The number of ether oxygens (including phenoxy) is 1. The summed E-state index contributed by atoms with van der Waals surface area (Å²) in [5.74, 6) is 0.371. The summed E-state index contributed by atoms with van der Waals surface area (Å²) in [7, 11) is 0. The Morgan fingerprint density at radius 3 is 2.61 bits per heavy atom. The average Bonchev–Trinajstić information content (AvgIpc) is 2.84. The van der Waals surface area contributed by atoms with Crippen molar-refractivity contribution in [3.05, 3.63) is 76.7 Å². The number of nitrogens with zero attached hydrogens (tertiary/aromatic N) is 4. The fourth-order valence-electron chi connectivity index (χ4n) is 4.18. The molecule has 1 aliphatic heterocycles. The van der Waals surface area contributed by atoms with E-state index in [-0.39, 0.29) is 50.4 Å². The third kappa shape index (κ3) is 5.98. The Labute approximate surface area is 230 Å². The first-order valence-corrected chi connectivity index (χ1v) is 11.3. The molecule has 9 nitrogen and oxygen atoms in total. The van der Waals surface area contributed by atoms with Gasteiger partial charge in [0.25, 0.3) is 5.91 Å². The molecular formula is C26H32IN7O2. The number of benzene rings is 1. The number of carbonyl (C=O) groups is 1. The third-order valence-corrected chi connectivity index (χ3v) is 5.78. The van der Waals surface area contributed by atoms with Gasteiger partial charge in [-0.2, -0.15) is 5.26 Å². The monoisotopic (exact) mass is 601 g/mol. The number of carbonyl (C=O) groups excluding carboxylic acids is 1. The standard InChI is InChI=1S/C26H27N7O2.HI.2H2/c1-15-8-18(11-27)12-31-25(15)26(34)32-20-4-5-22(28)21(10-20)24(29)19-6-7-30-23(9-19)33-13-16(2)35-17(3)14-33;;;/h4-10,12,16-17,29H,13-14,28H2,1-3H3,(H,32,34);3*1H/t16-,17-;;;/m0.../s1. The Kier molecular flexibility index (Phi) is 8.60. The number of nitrogens with one attached hydrogen (secondary N) is 2. The minimum atomic E-state index is -0.406. The van der Waals surface area contributed by atoms with Crippen molar-refractivity contribution in [3.8, 4) is 6.07 Å². The van der Waals surface area contributed by atoms with Crippen LogP contribution >= 0.6 is 24.0 Å². The summed E-state index contributed by atoms with van der Waals surface area (Å²) in [4.78, 5) is 23.5. The Morgan fingerprint density at radius 2 is 1.94 bits per heavy atom. The number of nitrogens with two attached hydrogens (primary N) is 1. The molecule has 3 heterocycles. The molecule has 190 valence electrons. The largest absolute Gasteiger partial charge is 0.398 e. The molecule has 0 spiro atoms. The van der Waals surface area contributed by atoms with Crippen molar-refractivity contribution in [2.45, 2.75) is 33.0 Å². The van der Waals surface area contributed by atoms with Crippen molar-refractivity contribution < 1.29 is 12.4 Å². The first-order valence-electron chi connectivity index (χ1n) is 11.3. The number of aromatic nitrogens is 2. The SMILES string of the molecule is Cc1cc(C#N)cnc1C(=O)Nc1ccc(N)c(C(=N)c2ccnc(N3C[C@H](C)O[C@@H](C)C3)c2)c1.I.[HH].[HH]. The summed E-state index contributed by atoms with van der Waals surface area (Å²) in [5, 5.41) is 20.6. The number of halogens is 1. The van der Waals surface area contributed by atoms with Crippen molar-refractivity contribution in [2.24, 2.45) is 0 Å². The zero-order valence-electron chi connectivity index (χ0n) is 20.3. The highest BCUT2D eigenvalue weighted by atomic mass is 127. The number of morpholine rings is 1. The van der Waals surface area contributed by atoms with Gasteiger partial charge in [-0.05, 0) is 62.7 Å². The van der Waals surface area contributed by atoms with Crippen molar-refractivity contribution >= 4 is 52.8 Å². The van der Waals surface area contributed by atoms with Crippen LogP contribution in [0.5, 0.6) is 0 Å². The number of nitriles is 1. The van der Waals surface area contributed by atoms with Crippen LogP contribution in [-0.4, -0.2) is 46.9 Å². The molecule has 1 fully saturated rings. The second-order valence-corrected chi connectivity index (χ2v) is 8.70. The number of rotatable bonds is 5. The minimum Gasteiger partial charge on any atom is -0.398 e. The van der Waals surface area contributed by atoms with Crippen LogP contribution < -0.4 is 16.0 Å². The topological polar surface area (TPSA) is 141 Å². The van der Waals surface area contributed by atoms with Crippen molar-refractivity contribution in [1.29, 1.82) is 10.7 Å². The summed E-state index contributed by atoms with van der Waals surface area (Å²) < 4.78 is 5.81. The lowest BCUT2D eigenvalue weighted by Crippen LogP contribution is -2.45. The van der Waals surface area contributed by atoms with Crippen molar-refractivity contribution in [3.63, 3.8) is 0 Å². The van der Waals surface area contributed by atoms with Crippen LogP contribution in [0.4, 0.5) is 17.2 Å². The lowest BCUT2D eigenvalue weighted by atomic mass is 10.0. The fourth-order valence-corrected chi connectivity index (χ4v) is 4.18. The number of hydrogen-bond donors (Lipinski definition) is 3. The zero-order valence-corrected chi connectivity index (χ0v) is 22.6. The molecule has 2 aromatic heterocycles. The van der Waals surface area contributed by atoms with Gasteiger partial charge in [0.1, 0.15) is 17.6 Å². The van der Waals surface area contributed by atoms with Crippen LogP contribution in [0.25, 0.3) is 0 Å². The molecule has 4 N–H and O–H groups in total. The van der Waals surface area contributed by atoms with E-state index in [0.29, 0.717) is 33.6 Å². The van der Waals surface area contributed by atoms with E-state index in [1.54, 1.807) is 43.5 Å². The molecule has 0 aliphatic carbocycles. The van der Waals surface area contributed by atoms with E-state index in [1.165, 1.54) is 6.20 Å². The van der Waals surface area contributed by atoms with Gasteiger partial charge in [0.2, 0.25) is 0 Å². The summed E-state index contributed by atoms with van der Waals surface area (Å²) in [5.41, 5.74) is 9.72. The van der Waals surface area contributed by atoms with Gasteiger partial charge < -0.3 is 20.7 Å². The highest BCUT2D eigenvalue weighted by molar-refractivity contribution is 14.0. The predicted molar refractivity (Wildman–Crippen MR) is 155 cm³/mol. The lowest BCUT2D eigenvalue weighted by Gasteiger charge is -2.36. The molecule has 0 bridgehead atoms. The normalized spacial score (nSPS) is 17.0. The van der Waals surface area contributed by atoms with E-state index in [2.05, 4.69) is 20.2 Å². The lowest BCUT2D eigenvalue weighted by molar-refractivity contribution is -0.00546.